The molecule has 0 aliphatic heterocycles. The number of hydrogen-bond donors (Lipinski definition) is 0. The number of hydrogen-bond acceptors (Lipinski definition) is 4. The molecule has 2 aromatic rings. The number of fused-ring (bicyclic) bond motifs is 1. The van der Waals surface area contributed by atoms with E-state index in [9.17, 15) is 14.9 Å². The van der Waals surface area contributed by atoms with Crippen LogP contribution in [0.25, 0.3) is 11.0 Å². The third-order valence-corrected chi connectivity index (χ3v) is 2.37. The topological polar surface area (TPSA) is 73.3 Å². The maximum absolute atomic E-state index is 11.5. The van der Waals surface area contributed by atoms with Gasteiger partial charge >= 0.3 is 5.63 Å². The SMILES string of the molecule is C=CCc1cc2ccc([N+](=O)[O-])cc2oc1=O. The Morgan fingerprint density at radius 1 is 1.41 bits per heavy atom. The average molecular weight is 231 g/mol. The number of nitrogens with zero attached hydrogens (tertiary/aromatic N) is 1. The van der Waals surface area contributed by atoms with Gasteiger partial charge in [-0.1, -0.05) is 6.08 Å². The van der Waals surface area contributed by atoms with Gasteiger partial charge in [0, 0.05) is 17.0 Å². The molecule has 86 valence electrons. The number of rotatable bonds is 3. The number of nitro benzene ring substituents is 1. The average Bonchev–Trinajstić information content (AvgIpc) is 2.29. The highest BCUT2D eigenvalue weighted by Crippen LogP contribution is 2.20. The van der Waals surface area contributed by atoms with Crippen molar-refractivity contribution in [3.8, 4) is 0 Å². The van der Waals surface area contributed by atoms with Crippen LogP contribution in [0.1, 0.15) is 5.56 Å². The third kappa shape index (κ3) is 2.08. The van der Waals surface area contributed by atoms with Gasteiger partial charge < -0.3 is 4.42 Å². The second-order valence-corrected chi connectivity index (χ2v) is 3.53. The van der Waals surface area contributed by atoms with Crippen LogP contribution in [0.15, 0.2) is 46.1 Å². The van der Waals surface area contributed by atoms with Gasteiger partial charge in [0.05, 0.1) is 11.0 Å². The highest BCUT2D eigenvalue weighted by Gasteiger charge is 2.09. The molecule has 0 aliphatic rings. The van der Waals surface area contributed by atoms with E-state index in [1.807, 2.05) is 0 Å². The van der Waals surface area contributed by atoms with E-state index in [0.29, 0.717) is 17.4 Å². The summed E-state index contributed by atoms with van der Waals surface area (Å²) in [4.78, 5) is 21.6. The van der Waals surface area contributed by atoms with Gasteiger partial charge in [0.2, 0.25) is 0 Å². The number of non-ortho nitro benzene ring substituents is 1. The highest BCUT2D eigenvalue weighted by atomic mass is 16.6. The second-order valence-electron chi connectivity index (χ2n) is 3.53. The maximum atomic E-state index is 11.5. The smallest absolute Gasteiger partial charge is 0.339 e. The predicted molar refractivity (Wildman–Crippen MR) is 63.0 cm³/mol. The highest BCUT2D eigenvalue weighted by molar-refractivity contribution is 5.79. The first-order chi connectivity index (χ1) is 8.11. The van der Waals surface area contributed by atoms with E-state index < -0.39 is 10.5 Å². The standard InChI is InChI=1S/C12H9NO4/c1-2-3-9-6-8-4-5-10(13(15)16)7-11(8)17-12(9)14/h2,4-7H,1,3H2. The Hall–Kier alpha value is -2.43. The van der Waals surface area contributed by atoms with Gasteiger partial charge in [-0.15, -0.1) is 6.58 Å². The van der Waals surface area contributed by atoms with Crippen molar-refractivity contribution in [2.24, 2.45) is 0 Å². The van der Waals surface area contributed by atoms with Gasteiger partial charge in [0.15, 0.2) is 0 Å². The third-order valence-electron chi connectivity index (χ3n) is 2.37. The molecule has 1 heterocycles. The van der Waals surface area contributed by atoms with Crippen molar-refractivity contribution in [1.29, 1.82) is 0 Å². The fourth-order valence-corrected chi connectivity index (χ4v) is 1.55. The molecule has 2 rings (SSSR count). The predicted octanol–water partition coefficient (Wildman–Crippen LogP) is 2.43. The molecule has 1 aromatic heterocycles. The van der Waals surface area contributed by atoms with Crippen molar-refractivity contribution >= 4 is 16.7 Å². The van der Waals surface area contributed by atoms with Crippen LogP contribution in [0.2, 0.25) is 0 Å². The van der Waals surface area contributed by atoms with Crippen molar-refractivity contribution in [3.63, 3.8) is 0 Å². The summed E-state index contributed by atoms with van der Waals surface area (Å²) < 4.78 is 5.03. The van der Waals surface area contributed by atoms with Crippen LogP contribution in [0.5, 0.6) is 0 Å². The first kappa shape index (κ1) is 11.1. The normalized spacial score (nSPS) is 10.4. The summed E-state index contributed by atoms with van der Waals surface area (Å²) in [5.74, 6) is 0. The minimum atomic E-state index is -0.531. The number of benzene rings is 1. The van der Waals surface area contributed by atoms with Crippen molar-refractivity contribution < 1.29 is 9.34 Å². The van der Waals surface area contributed by atoms with Crippen LogP contribution in [0.3, 0.4) is 0 Å². The molecule has 1 aromatic carbocycles. The molecular weight excluding hydrogens is 222 g/mol. The molecule has 0 atom stereocenters. The molecule has 17 heavy (non-hydrogen) atoms. The Balaban J connectivity index is 2.65. The zero-order valence-corrected chi connectivity index (χ0v) is 8.88. The van der Waals surface area contributed by atoms with Crippen LogP contribution < -0.4 is 5.63 Å². The summed E-state index contributed by atoms with van der Waals surface area (Å²) in [5.41, 5.74) is 0.119. The molecule has 0 N–H and O–H groups in total. The van der Waals surface area contributed by atoms with E-state index in [4.69, 9.17) is 4.42 Å². The Labute approximate surface area is 96.1 Å². The Bertz CT molecular complexity index is 657. The summed E-state index contributed by atoms with van der Waals surface area (Å²) in [6.07, 6.45) is 2.01. The first-order valence-electron chi connectivity index (χ1n) is 4.94. The molecule has 0 saturated carbocycles. The van der Waals surface area contributed by atoms with Gasteiger partial charge in [0.25, 0.3) is 5.69 Å². The van der Waals surface area contributed by atoms with Crippen molar-refractivity contribution in [1.82, 2.24) is 0 Å². The fraction of sp³-hybridized carbons (Fsp3) is 0.0833. The molecule has 0 spiro atoms. The molecular formula is C12H9NO4. The first-order valence-corrected chi connectivity index (χ1v) is 4.94. The summed E-state index contributed by atoms with van der Waals surface area (Å²) in [6.45, 7) is 3.54. The lowest BCUT2D eigenvalue weighted by molar-refractivity contribution is -0.384. The molecule has 0 aliphatic carbocycles. The van der Waals surface area contributed by atoms with Crippen LogP contribution in [-0.4, -0.2) is 4.92 Å². The van der Waals surface area contributed by atoms with E-state index in [1.54, 1.807) is 18.2 Å². The number of nitro groups is 1. The van der Waals surface area contributed by atoms with Gasteiger partial charge in [-0.3, -0.25) is 10.1 Å². The summed E-state index contributed by atoms with van der Waals surface area (Å²) in [7, 11) is 0. The van der Waals surface area contributed by atoms with Crippen LogP contribution in [0.4, 0.5) is 5.69 Å². The minimum Gasteiger partial charge on any atom is -0.422 e. The molecule has 0 fully saturated rings. The van der Waals surface area contributed by atoms with Crippen molar-refractivity contribution in [2.75, 3.05) is 0 Å². The molecule has 0 amide bonds. The second kappa shape index (κ2) is 4.21. The molecule has 0 radical (unpaired) electrons. The Morgan fingerprint density at radius 3 is 2.82 bits per heavy atom. The Morgan fingerprint density at radius 2 is 2.18 bits per heavy atom. The molecule has 0 saturated heterocycles. The van der Waals surface area contributed by atoms with Crippen LogP contribution in [0, 0.1) is 10.1 Å². The van der Waals surface area contributed by atoms with Gasteiger partial charge in [0.1, 0.15) is 5.58 Å². The van der Waals surface area contributed by atoms with Gasteiger partial charge in [-0.05, 0) is 18.6 Å². The summed E-state index contributed by atoms with van der Waals surface area (Å²) in [6, 6.07) is 5.84. The van der Waals surface area contributed by atoms with Crippen molar-refractivity contribution in [2.45, 2.75) is 6.42 Å². The molecule has 5 nitrogen and oxygen atoms in total. The summed E-state index contributed by atoms with van der Waals surface area (Å²) in [5, 5.41) is 11.2. The summed E-state index contributed by atoms with van der Waals surface area (Å²) >= 11 is 0. The van der Waals surface area contributed by atoms with Crippen molar-refractivity contribution in [3.05, 3.63) is 63.0 Å². The molecule has 0 bridgehead atoms. The lowest BCUT2D eigenvalue weighted by Crippen LogP contribution is -2.05. The zero-order chi connectivity index (χ0) is 12.4. The van der Waals surface area contributed by atoms with E-state index in [2.05, 4.69) is 6.58 Å². The molecule has 0 unspecified atom stereocenters. The van der Waals surface area contributed by atoms with Gasteiger partial charge in [-0.2, -0.15) is 0 Å². The molecule has 5 heteroatoms. The van der Waals surface area contributed by atoms with Crippen LogP contribution >= 0.6 is 0 Å². The van der Waals surface area contributed by atoms with E-state index in [-0.39, 0.29) is 11.3 Å². The monoisotopic (exact) mass is 231 g/mol. The quantitative estimate of drug-likeness (QED) is 0.352. The van der Waals surface area contributed by atoms with E-state index in [1.165, 1.54) is 12.1 Å². The number of allylic oxidation sites excluding steroid dienone is 1. The lowest BCUT2D eigenvalue weighted by Gasteiger charge is -1.99. The fourth-order valence-electron chi connectivity index (χ4n) is 1.55. The Kier molecular flexibility index (Phi) is 2.74. The van der Waals surface area contributed by atoms with E-state index >= 15 is 0 Å². The van der Waals surface area contributed by atoms with Gasteiger partial charge in [-0.25, -0.2) is 4.79 Å². The maximum Gasteiger partial charge on any atom is 0.339 e. The largest absolute Gasteiger partial charge is 0.422 e. The lowest BCUT2D eigenvalue weighted by atomic mass is 10.1. The van der Waals surface area contributed by atoms with E-state index in [0.717, 1.165) is 0 Å². The minimum absolute atomic E-state index is 0.0999. The van der Waals surface area contributed by atoms with Crippen LogP contribution in [-0.2, 0) is 6.42 Å². The zero-order valence-electron chi connectivity index (χ0n) is 8.88.